The molecule has 1 heterocycles. The fourth-order valence-electron chi connectivity index (χ4n) is 10.2. The van der Waals surface area contributed by atoms with Gasteiger partial charge in [0.05, 0.1) is 0 Å². The molecule has 0 aromatic heterocycles. The molecule has 8 atom stereocenters. The molecule has 1 saturated heterocycles. The highest BCUT2D eigenvalue weighted by Crippen LogP contribution is 2.73. The molecule has 0 aromatic carbocycles. The largest absolute Gasteiger partial charge is 0.369 e. The molecule has 3 N–H and O–H groups in total. The first kappa shape index (κ1) is 25.0. The first-order valence-corrected chi connectivity index (χ1v) is 13.9. The maximum absolute atomic E-state index is 14.3. The smallest absolute Gasteiger partial charge is 0.223 e. The Balaban J connectivity index is 1.63. The summed E-state index contributed by atoms with van der Waals surface area (Å²) < 4.78 is 0. The van der Waals surface area contributed by atoms with E-state index in [1.807, 2.05) is 13.0 Å². The molecule has 0 aromatic rings. The zero-order valence-electron chi connectivity index (χ0n) is 23.0. The summed E-state index contributed by atoms with van der Waals surface area (Å²) in [5.74, 6) is 0.555. The minimum atomic E-state index is -0.509. The van der Waals surface area contributed by atoms with Gasteiger partial charge in [0.25, 0.3) is 0 Å². The van der Waals surface area contributed by atoms with Gasteiger partial charge in [0.2, 0.25) is 11.8 Å². The first-order valence-electron chi connectivity index (χ1n) is 13.9. The van der Waals surface area contributed by atoms with E-state index in [0.29, 0.717) is 6.42 Å². The van der Waals surface area contributed by atoms with Crippen LogP contribution in [-0.4, -0.2) is 23.1 Å². The third-order valence-electron chi connectivity index (χ3n) is 12.7. The van der Waals surface area contributed by atoms with Crippen molar-refractivity contribution in [3.8, 4) is 0 Å². The molecule has 5 rings (SSSR count). The number of hydrogen-bond donors (Lipinski definition) is 2. The van der Waals surface area contributed by atoms with Crippen LogP contribution < -0.4 is 11.1 Å². The highest BCUT2D eigenvalue weighted by molar-refractivity contribution is 5.96. The molecule has 1 aliphatic heterocycles. The number of nitrogens with two attached hydrogens (primary N) is 1. The van der Waals surface area contributed by atoms with E-state index in [9.17, 15) is 14.4 Å². The van der Waals surface area contributed by atoms with Crippen LogP contribution >= 0.6 is 0 Å². The number of amides is 2. The number of carbonyl (C=O) groups excluding carboxylic acids is 3. The van der Waals surface area contributed by atoms with Crippen molar-refractivity contribution in [2.45, 2.75) is 112 Å². The average molecular weight is 483 g/mol. The van der Waals surface area contributed by atoms with E-state index >= 15 is 0 Å². The van der Waals surface area contributed by atoms with Crippen LogP contribution in [0.4, 0.5) is 0 Å². The van der Waals surface area contributed by atoms with E-state index in [0.717, 1.165) is 51.4 Å². The Morgan fingerprint density at radius 1 is 0.943 bits per heavy atom. The zero-order chi connectivity index (χ0) is 25.8. The third kappa shape index (κ3) is 3.14. The lowest BCUT2D eigenvalue weighted by molar-refractivity contribution is -0.170. The van der Waals surface area contributed by atoms with Crippen LogP contribution in [0, 0.1) is 44.8 Å². The quantitative estimate of drug-likeness (QED) is 0.530. The van der Waals surface area contributed by atoms with Crippen molar-refractivity contribution in [1.82, 2.24) is 5.32 Å². The molecular formula is C30H46N2O3. The van der Waals surface area contributed by atoms with Gasteiger partial charge in [-0.2, -0.15) is 0 Å². The Morgan fingerprint density at radius 3 is 2.26 bits per heavy atom. The number of rotatable bonds is 1. The van der Waals surface area contributed by atoms with Crippen molar-refractivity contribution < 1.29 is 14.4 Å². The Labute approximate surface area is 211 Å². The summed E-state index contributed by atoms with van der Waals surface area (Å²) in [7, 11) is 0. The molecular weight excluding hydrogens is 436 g/mol. The lowest BCUT2D eigenvalue weighted by Crippen LogP contribution is -2.66. The summed E-state index contributed by atoms with van der Waals surface area (Å²) in [6, 6.07) is 0. The molecule has 0 spiro atoms. The van der Waals surface area contributed by atoms with Gasteiger partial charge in [-0.05, 0) is 105 Å². The predicted octanol–water partition coefficient (Wildman–Crippen LogP) is 5.32. The van der Waals surface area contributed by atoms with Gasteiger partial charge in [-0.25, -0.2) is 0 Å². The summed E-state index contributed by atoms with van der Waals surface area (Å²) in [6.07, 6.45) is 10.1. The summed E-state index contributed by atoms with van der Waals surface area (Å²) >= 11 is 0. The van der Waals surface area contributed by atoms with Gasteiger partial charge >= 0.3 is 0 Å². The summed E-state index contributed by atoms with van der Waals surface area (Å²) in [5, 5.41) is 3.28. The molecule has 2 amide bonds. The van der Waals surface area contributed by atoms with Gasteiger partial charge in [-0.3, -0.25) is 14.4 Å². The van der Waals surface area contributed by atoms with E-state index in [4.69, 9.17) is 5.73 Å². The second-order valence-electron chi connectivity index (χ2n) is 14.9. The summed E-state index contributed by atoms with van der Waals surface area (Å²) in [4.78, 5) is 39.4. The fourth-order valence-corrected chi connectivity index (χ4v) is 10.2. The normalized spacial score (nSPS) is 50.9. The predicted molar refractivity (Wildman–Crippen MR) is 137 cm³/mol. The lowest BCUT2D eigenvalue weighted by atomic mass is 9.35. The number of hydrogen-bond acceptors (Lipinski definition) is 3. The standard InChI is InChI=1S/C30H46N2O3/c1-25(2)21-8-11-30(7)23(28(21,5)10-9-22(34)32-25)20(33)16-18-19-17-27(4,24(31)35)13-12-26(19,3)14-15-29(18,30)6/h16,19,21,23H,8-15,17H2,1-7H3,(H2,31,35)(H,32,34)/t19-,21-,23+,26+,27-,28-,29+,30+/m0/s1. The minimum Gasteiger partial charge on any atom is -0.369 e. The molecule has 0 radical (unpaired) electrons. The van der Waals surface area contributed by atoms with Crippen molar-refractivity contribution in [3.05, 3.63) is 11.6 Å². The molecule has 5 nitrogen and oxygen atoms in total. The number of carbonyl (C=O) groups is 3. The number of fused-ring (bicyclic) bond motifs is 7. The SMILES string of the molecule is CC1(C)NC(=O)CC[C@]2(C)[C@H]3C(=O)C=C4[C@@H]5C[C@@](C)(C(N)=O)CC[C@]5(C)CC[C@@]4(C)[C@]3(C)CC[C@@H]12. The maximum Gasteiger partial charge on any atom is 0.223 e. The van der Waals surface area contributed by atoms with Crippen molar-refractivity contribution >= 4 is 17.6 Å². The Bertz CT molecular complexity index is 1030. The molecule has 5 heteroatoms. The van der Waals surface area contributed by atoms with Gasteiger partial charge < -0.3 is 11.1 Å². The van der Waals surface area contributed by atoms with E-state index < -0.39 is 5.41 Å². The maximum atomic E-state index is 14.3. The van der Waals surface area contributed by atoms with E-state index in [1.54, 1.807) is 0 Å². The number of ketones is 1. The Kier molecular flexibility index (Phi) is 5.16. The molecule has 4 aliphatic carbocycles. The second-order valence-corrected chi connectivity index (χ2v) is 14.9. The van der Waals surface area contributed by atoms with Crippen LogP contribution in [0.15, 0.2) is 11.6 Å². The van der Waals surface area contributed by atoms with Gasteiger partial charge in [-0.15, -0.1) is 0 Å². The van der Waals surface area contributed by atoms with Crippen LogP contribution in [0.25, 0.3) is 0 Å². The van der Waals surface area contributed by atoms with Gasteiger partial charge in [-0.1, -0.05) is 40.2 Å². The van der Waals surface area contributed by atoms with Crippen LogP contribution in [-0.2, 0) is 14.4 Å². The van der Waals surface area contributed by atoms with E-state index in [-0.39, 0.29) is 62.6 Å². The molecule has 35 heavy (non-hydrogen) atoms. The second kappa shape index (κ2) is 7.22. The zero-order valence-corrected chi connectivity index (χ0v) is 23.0. The van der Waals surface area contributed by atoms with Crippen molar-refractivity contribution in [2.24, 2.45) is 50.6 Å². The van der Waals surface area contributed by atoms with Gasteiger partial charge in [0, 0.05) is 23.3 Å². The number of nitrogens with one attached hydrogen (secondary N) is 1. The number of allylic oxidation sites excluding steroid dienone is 2. The third-order valence-corrected chi connectivity index (χ3v) is 12.7. The van der Waals surface area contributed by atoms with Gasteiger partial charge in [0.15, 0.2) is 5.78 Å². The highest BCUT2D eigenvalue weighted by atomic mass is 16.2. The molecule has 4 fully saturated rings. The molecule has 5 aliphatic rings. The molecule has 0 unspecified atom stereocenters. The van der Waals surface area contributed by atoms with Crippen LogP contribution in [0.3, 0.4) is 0 Å². The van der Waals surface area contributed by atoms with E-state index in [2.05, 4.69) is 46.9 Å². The molecule has 0 bridgehead atoms. The van der Waals surface area contributed by atoms with E-state index in [1.165, 1.54) is 5.57 Å². The fraction of sp³-hybridized carbons (Fsp3) is 0.833. The monoisotopic (exact) mass is 482 g/mol. The van der Waals surface area contributed by atoms with Crippen LogP contribution in [0.2, 0.25) is 0 Å². The van der Waals surface area contributed by atoms with Crippen molar-refractivity contribution in [2.75, 3.05) is 0 Å². The summed E-state index contributed by atoms with van der Waals surface area (Å²) in [6.45, 7) is 15.8. The van der Waals surface area contributed by atoms with Crippen molar-refractivity contribution in [1.29, 1.82) is 0 Å². The number of primary amides is 1. The Morgan fingerprint density at radius 2 is 1.60 bits per heavy atom. The Hall–Kier alpha value is -1.65. The average Bonchev–Trinajstić information content (AvgIpc) is 2.83. The minimum absolute atomic E-state index is 0.0898. The summed E-state index contributed by atoms with van der Waals surface area (Å²) in [5.41, 5.74) is 6.01. The molecule has 3 saturated carbocycles. The van der Waals surface area contributed by atoms with Crippen LogP contribution in [0.1, 0.15) is 106 Å². The van der Waals surface area contributed by atoms with Crippen LogP contribution in [0.5, 0.6) is 0 Å². The highest BCUT2D eigenvalue weighted by Gasteiger charge is 2.69. The first-order chi connectivity index (χ1) is 16.0. The topological polar surface area (TPSA) is 89.3 Å². The molecule has 194 valence electrons. The van der Waals surface area contributed by atoms with Gasteiger partial charge in [0.1, 0.15) is 0 Å². The lowest BCUT2D eigenvalue weighted by Gasteiger charge is -2.69. The van der Waals surface area contributed by atoms with Crippen molar-refractivity contribution in [3.63, 3.8) is 0 Å².